The molecule has 0 fully saturated rings. The Labute approximate surface area is 155 Å². The third kappa shape index (κ3) is 2.69. The second kappa shape index (κ2) is 6.21. The summed E-state index contributed by atoms with van der Waals surface area (Å²) >= 11 is 0. The highest BCUT2D eigenvalue weighted by molar-refractivity contribution is 6.05. The third-order valence-corrected chi connectivity index (χ3v) is 4.54. The number of anilines is 1. The zero-order valence-electron chi connectivity index (χ0n) is 15.2. The molecule has 8 heteroatoms. The van der Waals surface area contributed by atoms with Crippen LogP contribution in [0.4, 0.5) is 5.95 Å². The number of nitrogens with zero attached hydrogens (tertiary/aromatic N) is 6. The average Bonchev–Trinajstić information content (AvgIpc) is 3.16. The van der Waals surface area contributed by atoms with E-state index in [9.17, 15) is 4.79 Å². The smallest absolute Gasteiger partial charge is 0.259 e. The molecule has 1 N–H and O–H groups in total. The largest absolute Gasteiger partial charge is 0.310 e. The number of hydrogen-bond donors (Lipinski definition) is 1. The molecule has 0 atom stereocenters. The van der Waals surface area contributed by atoms with E-state index < -0.39 is 0 Å². The number of carbonyl (C=O) groups is 1. The predicted molar refractivity (Wildman–Crippen MR) is 101 cm³/mol. The molecule has 27 heavy (non-hydrogen) atoms. The molecule has 0 spiro atoms. The van der Waals surface area contributed by atoms with E-state index >= 15 is 0 Å². The van der Waals surface area contributed by atoms with Crippen molar-refractivity contribution in [1.29, 1.82) is 5.26 Å². The summed E-state index contributed by atoms with van der Waals surface area (Å²) in [5.74, 6) is 0.147. The number of nitrogens with one attached hydrogen (secondary N) is 1. The molecule has 1 amide bonds. The molecule has 1 aromatic carbocycles. The number of imidazole rings is 1. The molecule has 0 saturated heterocycles. The molecule has 8 nitrogen and oxygen atoms in total. The zero-order valence-corrected chi connectivity index (χ0v) is 15.2. The summed E-state index contributed by atoms with van der Waals surface area (Å²) in [5, 5.41) is 17.1. The van der Waals surface area contributed by atoms with Gasteiger partial charge < -0.3 is 4.57 Å². The molecule has 134 valence electrons. The van der Waals surface area contributed by atoms with Crippen LogP contribution >= 0.6 is 0 Å². The molecule has 3 aromatic heterocycles. The van der Waals surface area contributed by atoms with Gasteiger partial charge in [-0.25, -0.2) is 9.97 Å². The van der Waals surface area contributed by atoms with E-state index in [2.05, 4.69) is 26.5 Å². The van der Waals surface area contributed by atoms with Crippen molar-refractivity contribution in [2.24, 2.45) is 7.05 Å². The van der Waals surface area contributed by atoms with E-state index in [0.29, 0.717) is 29.1 Å². The minimum atomic E-state index is -0.293. The molecule has 4 aromatic rings. The van der Waals surface area contributed by atoms with Crippen molar-refractivity contribution in [3.05, 3.63) is 47.3 Å². The highest BCUT2D eigenvalue weighted by Crippen LogP contribution is 2.22. The number of pyridine rings is 1. The number of benzene rings is 1. The van der Waals surface area contributed by atoms with Crippen molar-refractivity contribution in [2.75, 3.05) is 5.32 Å². The lowest BCUT2D eigenvalue weighted by molar-refractivity contribution is 0.102. The highest BCUT2D eigenvalue weighted by Gasteiger charge is 2.16. The van der Waals surface area contributed by atoms with Gasteiger partial charge in [-0.15, -0.1) is 0 Å². The van der Waals surface area contributed by atoms with Crippen molar-refractivity contribution in [3.63, 3.8) is 0 Å². The van der Waals surface area contributed by atoms with Crippen LogP contribution in [0, 0.1) is 18.3 Å². The number of nitriles is 1. The first kappa shape index (κ1) is 16.7. The number of hydrogen-bond acceptors (Lipinski definition) is 5. The van der Waals surface area contributed by atoms with Crippen molar-refractivity contribution >= 4 is 33.9 Å². The first-order valence-electron chi connectivity index (χ1n) is 8.53. The van der Waals surface area contributed by atoms with Gasteiger partial charge in [-0.2, -0.15) is 10.4 Å². The molecule has 0 aliphatic heterocycles. The summed E-state index contributed by atoms with van der Waals surface area (Å²) in [5.41, 5.74) is 4.05. The lowest BCUT2D eigenvalue weighted by atomic mass is 10.2. The van der Waals surface area contributed by atoms with E-state index in [-0.39, 0.29) is 5.91 Å². The van der Waals surface area contributed by atoms with E-state index in [1.807, 2.05) is 31.5 Å². The SMILES string of the molecule is CCn1c(NC(=O)c2cnc3c(c2)c(C)nn3C)nc2cc(C#N)ccc21. The Hall–Kier alpha value is -3.73. The van der Waals surface area contributed by atoms with E-state index in [1.165, 1.54) is 6.20 Å². The van der Waals surface area contributed by atoms with Crippen LogP contribution in [0.5, 0.6) is 0 Å². The number of rotatable bonds is 3. The summed E-state index contributed by atoms with van der Waals surface area (Å²) in [7, 11) is 1.82. The fraction of sp³-hybridized carbons (Fsp3) is 0.211. The van der Waals surface area contributed by atoms with Crippen LogP contribution in [0.25, 0.3) is 22.1 Å². The number of fused-ring (bicyclic) bond motifs is 2. The fourth-order valence-electron chi connectivity index (χ4n) is 3.22. The van der Waals surface area contributed by atoms with Gasteiger partial charge in [-0.05, 0) is 38.1 Å². The van der Waals surface area contributed by atoms with E-state index in [4.69, 9.17) is 5.26 Å². The molecule has 0 aliphatic carbocycles. The third-order valence-electron chi connectivity index (χ3n) is 4.54. The molecular weight excluding hydrogens is 342 g/mol. The molecule has 0 radical (unpaired) electrons. The number of amides is 1. The maximum Gasteiger partial charge on any atom is 0.259 e. The molecule has 0 unspecified atom stereocenters. The normalized spacial score (nSPS) is 11.0. The molecule has 4 rings (SSSR count). The Balaban J connectivity index is 1.72. The first-order chi connectivity index (χ1) is 13.0. The topological polar surface area (TPSA) is 101 Å². The zero-order chi connectivity index (χ0) is 19.1. The lowest BCUT2D eigenvalue weighted by Crippen LogP contribution is -2.16. The molecule has 0 saturated carbocycles. The average molecular weight is 359 g/mol. The maximum atomic E-state index is 12.8. The molecular formula is C19H17N7O. The van der Waals surface area contributed by atoms with Crippen LogP contribution in [-0.2, 0) is 13.6 Å². The van der Waals surface area contributed by atoms with Gasteiger partial charge in [0.25, 0.3) is 5.91 Å². The molecule has 0 bridgehead atoms. The minimum absolute atomic E-state index is 0.293. The van der Waals surface area contributed by atoms with Gasteiger partial charge in [0.05, 0.1) is 33.9 Å². The van der Waals surface area contributed by atoms with Crippen LogP contribution in [0.2, 0.25) is 0 Å². The van der Waals surface area contributed by atoms with Gasteiger partial charge in [0.1, 0.15) is 0 Å². The Morgan fingerprint density at radius 2 is 2.15 bits per heavy atom. The van der Waals surface area contributed by atoms with Gasteiger partial charge in [-0.3, -0.25) is 14.8 Å². The van der Waals surface area contributed by atoms with Gasteiger partial charge in [0.15, 0.2) is 5.65 Å². The summed E-state index contributed by atoms with van der Waals surface area (Å²) in [6.07, 6.45) is 1.53. The number of carbonyl (C=O) groups excluding carboxylic acids is 1. The Morgan fingerprint density at radius 1 is 1.33 bits per heavy atom. The minimum Gasteiger partial charge on any atom is -0.310 e. The Kier molecular flexibility index (Phi) is 3.85. The van der Waals surface area contributed by atoms with E-state index in [0.717, 1.165) is 22.2 Å². The lowest BCUT2D eigenvalue weighted by Gasteiger charge is -2.07. The summed E-state index contributed by atoms with van der Waals surface area (Å²) in [6.45, 7) is 4.49. The second-order valence-electron chi connectivity index (χ2n) is 6.25. The van der Waals surface area contributed by atoms with Crippen molar-refractivity contribution in [3.8, 4) is 6.07 Å². The monoisotopic (exact) mass is 359 g/mol. The standard InChI is InChI=1S/C19H17N7O/c1-4-26-16-6-5-12(9-20)7-15(16)22-19(26)23-18(27)13-8-14-11(2)24-25(3)17(14)21-10-13/h5-8,10H,4H2,1-3H3,(H,22,23,27). The predicted octanol–water partition coefficient (Wildman–Crippen LogP) is 2.77. The van der Waals surface area contributed by atoms with Gasteiger partial charge in [0.2, 0.25) is 5.95 Å². The van der Waals surface area contributed by atoms with Crippen LogP contribution < -0.4 is 5.32 Å². The van der Waals surface area contributed by atoms with E-state index in [1.54, 1.807) is 22.9 Å². The molecule has 3 heterocycles. The van der Waals surface area contributed by atoms with Crippen molar-refractivity contribution in [1.82, 2.24) is 24.3 Å². The Bertz CT molecular complexity index is 1240. The number of aryl methyl sites for hydroxylation is 3. The number of aromatic nitrogens is 5. The van der Waals surface area contributed by atoms with Crippen LogP contribution in [0.1, 0.15) is 28.5 Å². The van der Waals surface area contributed by atoms with Crippen molar-refractivity contribution < 1.29 is 4.79 Å². The molecule has 0 aliphatic rings. The quantitative estimate of drug-likeness (QED) is 0.606. The Morgan fingerprint density at radius 3 is 2.89 bits per heavy atom. The van der Waals surface area contributed by atoms with Gasteiger partial charge in [0, 0.05) is 25.2 Å². The summed E-state index contributed by atoms with van der Waals surface area (Å²) in [6, 6.07) is 9.18. The van der Waals surface area contributed by atoms with Crippen LogP contribution in [0.3, 0.4) is 0 Å². The van der Waals surface area contributed by atoms with Gasteiger partial charge >= 0.3 is 0 Å². The fourth-order valence-corrected chi connectivity index (χ4v) is 3.22. The highest BCUT2D eigenvalue weighted by atomic mass is 16.1. The second-order valence-corrected chi connectivity index (χ2v) is 6.25. The summed E-state index contributed by atoms with van der Waals surface area (Å²) in [4.78, 5) is 21.6. The van der Waals surface area contributed by atoms with Crippen molar-refractivity contribution in [2.45, 2.75) is 20.4 Å². The summed E-state index contributed by atoms with van der Waals surface area (Å²) < 4.78 is 3.59. The van der Waals surface area contributed by atoms with Crippen LogP contribution in [-0.4, -0.2) is 30.2 Å². The van der Waals surface area contributed by atoms with Gasteiger partial charge in [-0.1, -0.05) is 0 Å². The van der Waals surface area contributed by atoms with Crippen LogP contribution in [0.15, 0.2) is 30.5 Å². The first-order valence-corrected chi connectivity index (χ1v) is 8.53. The maximum absolute atomic E-state index is 12.8.